The lowest BCUT2D eigenvalue weighted by Crippen LogP contribution is -2.20. The van der Waals surface area contributed by atoms with E-state index in [1.54, 1.807) is 13.2 Å². The van der Waals surface area contributed by atoms with Crippen LogP contribution in [0.15, 0.2) is 12.1 Å². The minimum Gasteiger partial charge on any atom is -0.493 e. The van der Waals surface area contributed by atoms with Crippen molar-refractivity contribution in [1.29, 1.82) is 0 Å². The van der Waals surface area contributed by atoms with Gasteiger partial charge in [0.05, 0.1) is 18.2 Å². The molecule has 2 rings (SSSR count). The second kappa shape index (κ2) is 7.87. The Morgan fingerprint density at radius 1 is 1.38 bits per heavy atom. The molecule has 0 aromatic heterocycles. The Labute approximate surface area is 131 Å². The van der Waals surface area contributed by atoms with Crippen molar-refractivity contribution in [3.8, 4) is 11.5 Å². The third-order valence-electron chi connectivity index (χ3n) is 4.03. The number of halogens is 1. The first kappa shape index (κ1) is 16.4. The van der Waals surface area contributed by atoms with Crippen molar-refractivity contribution < 1.29 is 14.6 Å². The van der Waals surface area contributed by atoms with E-state index in [-0.39, 0.29) is 6.61 Å². The molecule has 3 N–H and O–H groups in total. The smallest absolute Gasteiger partial charge is 0.179 e. The maximum absolute atomic E-state index is 10.1. The summed E-state index contributed by atoms with van der Waals surface area (Å²) in [6.45, 7) is 0.620. The fraction of sp³-hybridized carbons (Fsp3) is 0.625. The highest BCUT2D eigenvalue weighted by atomic mass is 35.5. The maximum Gasteiger partial charge on any atom is 0.179 e. The average molecular weight is 314 g/mol. The van der Waals surface area contributed by atoms with E-state index in [0.717, 1.165) is 12.0 Å². The van der Waals surface area contributed by atoms with Gasteiger partial charge < -0.3 is 20.3 Å². The number of hydrogen-bond donors (Lipinski definition) is 2. The molecule has 4 nitrogen and oxygen atoms in total. The third kappa shape index (κ3) is 4.50. The molecule has 1 unspecified atom stereocenters. The molecule has 1 atom stereocenters. The van der Waals surface area contributed by atoms with E-state index in [0.29, 0.717) is 29.0 Å². The van der Waals surface area contributed by atoms with Crippen molar-refractivity contribution in [2.24, 2.45) is 11.7 Å². The zero-order valence-corrected chi connectivity index (χ0v) is 13.2. The molecule has 1 saturated carbocycles. The number of methoxy groups -OCH3 is 1. The lowest BCUT2D eigenvalue weighted by molar-refractivity contribution is 0.0842. The molecule has 118 valence electrons. The zero-order valence-electron chi connectivity index (χ0n) is 12.5. The van der Waals surface area contributed by atoms with Crippen molar-refractivity contribution in [3.05, 3.63) is 22.7 Å². The van der Waals surface area contributed by atoms with Gasteiger partial charge in [0.1, 0.15) is 6.61 Å². The summed E-state index contributed by atoms with van der Waals surface area (Å²) in [7, 11) is 1.56. The Morgan fingerprint density at radius 3 is 2.71 bits per heavy atom. The fourth-order valence-corrected chi connectivity index (χ4v) is 3.20. The molecule has 0 bridgehead atoms. The van der Waals surface area contributed by atoms with Crippen molar-refractivity contribution in [1.82, 2.24) is 0 Å². The second-order valence-corrected chi connectivity index (χ2v) is 6.07. The summed E-state index contributed by atoms with van der Waals surface area (Å²) in [5.41, 5.74) is 6.50. The topological polar surface area (TPSA) is 64.7 Å². The Bertz CT molecular complexity index is 461. The average Bonchev–Trinajstić information content (AvgIpc) is 2.97. The molecule has 1 fully saturated rings. The quantitative estimate of drug-likeness (QED) is 0.811. The molecule has 1 aliphatic carbocycles. The molecule has 0 spiro atoms. The van der Waals surface area contributed by atoms with E-state index < -0.39 is 6.10 Å². The molecule has 0 saturated heterocycles. The standard InChI is InChI=1S/C16H24ClNO3/c1-20-15-8-12(9-18)7-14(17)16(15)21-10-13(19)6-11-4-2-3-5-11/h7-8,11,13,19H,2-6,9-10,18H2,1H3. The van der Waals surface area contributed by atoms with Crippen LogP contribution >= 0.6 is 11.6 Å². The SMILES string of the molecule is COc1cc(CN)cc(Cl)c1OCC(O)CC1CCCC1. The molecule has 0 heterocycles. The number of ether oxygens (including phenoxy) is 2. The normalized spacial score (nSPS) is 17.0. The fourth-order valence-electron chi connectivity index (χ4n) is 2.91. The highest BCUT2D eigenvalue weighted by Gasteiger charge is 2.20. The van der Waals surface area contributed by atoms with Gasteiger partial charge >= 0.3 is 0 Å². The Morgan fingerprint density at radius 2 is 2.10 bits per heavy atom. The number of aliphatic hydroxyl groups excluding tert-OH is 1. The molecule has 0 radical (unpaired) electrons. The van der Waals surface area contributed by atoms with Gasteiger partial charge in [-0.25, -0.2) is 0 Å². The first-order valence-corrected chi connectivity index (χ1v) is 7.89. The molecular formula is C16H24ClNO3. The number of benzene rings is 1. The van der Waals surface area contributed by atoms with Gasteiger partial charge in [-0.15, -0.1) is 0 Å². The summed E-state index contributed by atoms with van der Waals surface area (Å²) < 4.78 is 11.0. The Kier molecular flexibility index (Phi) is 6.15. The van der Waals surface area contributed by atoms with Crippen LogP contribution in [0.3, 0.4) is 0 Å². The van der Waals surface area contributed by atoms with Gasteiger partial charge in [-0.3, -0.25) is 0 Å². The van der Waals surface area contributed by atoms with Gasteiger partial charge in [0.2, 0.25) is 0 Å². The van der Waals surface area contributed by atoms with Crippen molar-refractivity contribution in [3.63, 3.8) is 0 Å². The van der Waals surface area contributed by atoms with E-state index >= 15 is 0 Å². The first-order chi connectivity index (χ1) is 10.1. The summed E-state index contributed by atoms with van der Waals surface area (Å²) in [6.07, 6.45) is 5.30. The minimum atomic E-state index is -0.469. The monoisotopic (exact) mass is 313 g/mol. The van der Waals surface area contributed by atoms with Gasteiger partial charge in [0, 0.05) is 6.54 Å². The van der Waals surface area contributed by atoms with Crippen LogP contribution in [-0.4, -0.2) is 24.9 Å². The summed E-state index contributed by atoms with van der Waals surface area (Å²) in [6, 6.07) is 3.58. The number of aliphatic hydroxyl groups is 1. The predicted molar refractivity (Wildman–Crippen MR) is 84.0 cm³/mol. The van der Waals surface area contributed by atoms with Crippen LogP contribution in [0, 0.1) is 5.92 Å². The van der Waals surface area contributed by atoms with Crippen LogP contribution in [0.1, 0.15) is 37.7 Å². The third-order valence-corrected chi connectivity index (χ3v) is 4.31. The first-order valence-electron chi connectivity index (χ1n) is 7.51. The highest BCUT2D eigenvalue weighted by Crippen LogP contribution is 2.36. The summed E-state index contributed by atoms with van der Waals surface area (Å²) >= 11 is 6.20. The van der Waals surface area contributed by atoms with Crippen LogP contribution < -0.4 is 15.2 Å². The van der Waals surface area contributed by atoms with Gasteiger partial charge in [0.15, 0.2) is 11.5 Å². The van der Waals surface area contributed by atoms with E-state index in [1.807, 2.05) is 6.07 Å². The van der Waals surface area contributed by atoms with Gasteiger partial charge in [0.25, 0.3) is 0 Å². The van der Waals surface area contributed by atoms with Crippen molar-refractivity contribution in [2.75, 3.05) is 13.7 Å². The lowest BCUT2D eigenvalue weighted by atomic mass is 10.0. The number of rotatable bonds is 7. The van der Waals surface area contributed by atoms with E-state index in [4.69, 9.17) is 26.8 Å². The molecule has 21 heavy (non-hydrogen) atoms. The van der Waals surface area contributed by atoms with Gasteiger partial charge in [-0.05, 0) is 30.0 Å². The van der Waals surface area contributed by atoms with E-state index in [1.165, 1.54) is 25.7 Å². The lowest BCUT2D eigenvalue weighted by Gasteiger charge is -2.18. The van der Waals surface area contributed by atoms with Gasteiger partial charge in [-0.2, -0.15) is 0 Å². The van der Waals surface area contributed by atoms with Crippen LogP contribution in [0.4, 0.5) is 0 Å². The summed E-state index contributed by atoms with van der Waals surface area (Å²) in [5.74, 6) is 1.65. The van der Waals surface area contributed by atoms with Gasteiger partial charge in [-0.1, -0.05) is 37.3 Å². The molecular weight excluding hydrogens is 290 g/mol. The Balaban J connectivity index is 1.95. The van der Waals surface area contributed by atoms with Crippen LogP contribution in [0.2, 0.25) is 5.02 Å². The molecule has 5 heteroatoms. The van der Waals surface area contributed by atoms with Crippen LogP contribution in [0.5, 0.6) is 11.5 Å². The number of hydrogen-bond acceptors (Lipinski definition) is 4. The molecule has 1 aliphatic rings. The summed E-state index contributed by atoms with van der Waals surface area (Å²) in [4.78, 5) is 0. The van der Waals surface area contributed by atoms with E-state index in [9.17, 15) is 5.11 Å². The van der Waals surface area contributed by atoms with Crippen LogP contribution in [0.25, 0.3) is 0 Å². The molecule has 0 amide bonds. The Hall–Kier alpha value is -0.970. The molecule has 0 aliphatic heterocycles. The highest BCUT2D eigenvalue weighted by molar-refractivity contribution is 6.32. The second-order valence-electron chi connectivity index (χ2n) is 5.66. The molecule has 1 aromatic rings. The van der Waals surface area contributed by atoms with Crippen LogP contribution in [-0.2, 0) is 6.54 Å². The summed E-state index contributed by atoms with van der Waals surface area (Å²) in [5, 5.41) is 10.6. The van der Waals surface area contributed by atoms with Crippen molar-refractivity contribution >= 4 is 11.6 Å². The maximum atomic E-state index is 10.1. The van der Waals surface area contributed by atoms with E-state index in [2.05, 4.69) is 0 Å². The minimum absolute atomic E-state index is 0.231. The molecule has 1 aromatic carbocycles. The zero-order chi connectivity index (χ0) is 15.2. The van der Waals surface area contributed by atoms with Crippen molar-refractivity contribution in [2.45, 2.75) is 44.8 Å². The largest absolute Gasteiger partial charge is 0.493 e. The predicted octanol–water partition coefficient (Wildman–Crippen LogP) is 3.13. The number of nitrogens with two attached hydrogens (primary N) is 1.